The first kappa shape index (κ1) is 15.3. The second-order valence-electron chi connectivity index (χ2n) is 5.70. The highest BCUT2D eigenvalue weighted by Gasteiger charge is 2.34. The molecule has 5 nitrogen and oxygen atoms in total. The minimum atomic E-state index is -0.415. The maximum atomic E-state index is 13.1. The third-order valence-electron chi connectivity index (χ3n) is 3.96. The van der Waals surface area contributed by atoms with Crippen LogP contribution in [-0.2, 0) is 16.1 Å². The summed E-state index contributed by atoms with van der Waals surface area (Å²) in [5.41, 5.74) is 1.21. The largest absolute Gasteiger partial charge is 0.467 e. The maximum Gasteiger partial charge on any atom is 0.229 e. The molecular formula is C17H17FN2O3. The van der Waals surface area contributed by atoms with Gasteiger partial charge >= 0.3 is 0 Å². The zero-order valence-electron chi connectivity index (χ0n) is 12.7. The first-order valence-electron chi connectivity index (χ1n) is 7.40. The Morgan fingerprint density at radius 2 is 2.26 bits per heavy atom. The first-order valence-corrected chi connectivity index (χ1v) is 7.40. The molecule has 1 aliphatic heterocycles. The fourth-order valence-electron chi connectivity index (χ4n) is 2.69. The summed E-state index contributed by atoms with van der Waals surface area (Å²) in [6.07, 6.45) is 1.73. The summed E-state index contributed by atoms with van der Waals surface area (Å²) in [4.78, 5) is 26.0. The Kier molecular flexibility index (Phi) is 4.14. The van der Waals surface area contributed by atoms with Crippen molar-refractivity contribution in [3.8, 4) is 0 Å². The molecule has 0 spiro atoms. The predicted molar refractivity (Wildman–Crippen MR) is 82.0 cm³/mol. The third kappa shape index (κ3) is 3.41. The summed E-state index contributed by atoms with van der Waals surface area (Å²) in [6.45, 7) is 2.44. The zero-order chi connectivity index (χ0) is 16.4. The van der Waals surface area contributed by atoms with Gasteiger partial charge in [0.15, 0.2) is 0 Å². The van der Waals surface area contributed by atoms with Crippen LogP contribution in [-0.4, -0.2) is 23.3 Å². The molecule has 120 valence electrons. The lowest BCUT2D eigenvalue weighted by molar-refractivity contribution is -0.128. The fraction of sp³-hybridized carbons (Fsp3) is 0.294. The van der Waals surface area contributed by atoms with Gasteiger partial charge in [-0.1, -0.05) is 0 Å². The number of nitrogens with one attached hydrogen (secondary N) is 1. The number of halogens is 1. The van der Waals surface area contributed by atoms with E-state index in [4.69, 9.17) is 4.42 Å². The van der Waals surface area contributed by atoms with Crippen molar-refractivity contribution in [1.82, 2.24) is 4.90 Å². The van der Waals surface area contributed by atoms with E-state index in [0.29, 0.717) is 30.1 Å². The molecule has 6 heteroatoms. The predicted octanol–water partition coefficient (Wildman–Crippen LogP) is 2.71. The van der Waals surface area contributed by atoms with Crippen molar-refractivity contribution in [3.63, 3.8) is 0 Å². The molecule has 1 atom stereocenters. The van der Waals surface area contributed by atoms with Gasteiger partial charge in [0.2, 0.25) is 11.8 Å². The van der Waals surface area contributed by atoms with E-state index in [1.54, 1.807) is 30.2 Å². The summed E-state index contributed by atoms with van der Waals surface area (Å²) in [7, 11) is 0. The number of furan rings is 1. The van der Waals surface area contributed by atoms with Gasteiger partial charge in [-0.2, -0.15) is 0 Å². The molecule has 1 N–H and O–H groups in total. The second kappa shape index (κ2) is 6.24. The molecule has 0 saturated carbocycles. The molecule has 1 aromatic heterocycles. The van der Waals surface area contributed by atoms with Gasteiger partial charge in [0, 0.05) is 18.7 Å². The van der Waals surface area contributed by atoms with E-state index >= 15 is 0 Å². The van der Waals surface area contributed by atoms with Crippen LogP contribution in [0.3, 0.4) is 0 Å². The minimum Gasteiger partial charge on any atom is -0.467 e. The van der Waals surface area contributed by atoms with Crippen molar-refractivity contribution < 1.29 is 18.4 Å². The molecule has 23 heavy (non-hydrogen) atoms. The highest BCUT2D eigenvalue weighted by Crippen LogP contribution is 2.23. The zero-order valence-corrected chi connectivity index (χ0v) is 12.7. The number of likely N-dealkylation sites (tertiary alicyclic amines) is 1. The van der Waals surface area contributed by atoms with Gasteiger partial charge in [0.1, 0.15) is 11.6 Å². The molecule has 1 fully saturated rings. The molecular weight excluding hydrogens is 299 g/mol. The van der Waals surface area contributed by atoms with E-state index < -0.39 is 5.92 Å². The summed E-state index contributed by atoms with van der Waals surface area (Å²) in [5.74, 6) is -0.371. The van der Waals surface area contributed by atoms with Crippen molar-refractivity contribution in [2.75, 3.05) is 11.9 Å². The molecule has 0 bridgehead atoms. The van der Waals surface area contributed by atoms with E-state index in [0.717, 1.165) is 0 Å². The number of benzene rings is 1. The summed E-state index contributed by atoms with van der Waals surface area (Å²) < 4.78 is 18.3. The molecule has 0 aliphatic carbocycles. The molecule has 1 aromatic carbocycles. The highest BCUT2D eigenvalue weighted by atomic mass is 19.1. The summed E-state index contributed by atoms with van der Waals surface area (Å²) in [5, 5.41) is 2.77. The van der Waals surface area contributed by atoms with Gasteiger partial charge in [-0.3, -0.25) is 9.59 Å². The number of carbonyl (C=O) groups is 2. The second-order valence-corrected chi connectivity index (χ2v) is 5.70. The van der Waals surface area contributed by atoms with Crippen LogP contribution >= 0.6 is 0 Å². The Bertz CT molecular complexity index is 727. The topological polar surface area (TPSA) is 62.6 Å². The number of hydrogen-bond donors (Lipinski definition) is 1. The van der Waals surface area contributed by atoms with Crippen LogP contribution in [0.4, 0.5) is 10.1 Å². The Hall–Kier alpha value is -2.63. The Morgan fingerprint density at radius 3 is 2.96 bits per heavy atom. The lowest BCUT2D eigenvalue weighted by atomic mass is 10.1. The number of carbonyl (C=O) groups excluding carboxylic acids is 2. The van der Waals surface area contributed by atoms with Gasteiger partial charge in [-0.15, -0.1) is 0 Å². The number of anilines is 1. The van der Waals surface area contributed by atoms with E-state index in [9.17, 15) is 14.0 Å². The Balaban J connectivity index is 1.63. The Morgan fingerprint density at radius 1 is 1.43 bits per heavy atom. The van der Waals surface area contributed by atoms with Crippen LogP contribution in [0, 0.1) is 18.7 Å². The van der Waals surface area contributed by atoms with E-state index in [1.165, 1.54) is 18.2 Å². The molecule has 2 heterocycles. The van der Waals surface area contributed by atoms with E-state index in [2.05, 4.69) is 5.32 Å². The number of nitrogens with zero attached hydrogens (tertiary/aromatic N) is 1. The molecule has 1 saturated heterocycles. The van der Waals surface area contributed by atoms with Crippen LogP contribution in [0.2, 0.25) is 0 Å². The lowest BCUT2D eigenvalue weighted by Crippen LogP contribution is -2.28. The molecule has 3 rings (SSSR count). The average molecular weight is 316 g/mol. The number of aryl methyl sites for hydroxylation is 1. The standard InChI is InChI=1S/C17H17FN2O3/c1-11-7-13(18)4-5-15(11)19-17(22)12-8-16(21)20(9-12)10-14-3-2-6-23-14/h2-7,12H,8-10H2,1H3,(H,19,22). The number of hydrogen-bond acceptors (Lipinski definition) is 3. The molecule has 0 radical (unpaired) electrons. The highest BCUT2D eigenvalue weighted by molar-refractivity contribution is 5.97. The molecule has 1 unspecified atom stereocenters. The van der Waals surface area contributed by atoms with Gasteiger partial charge in [-0.25, -0.2) is 4.39 Å². The van der Waals surface area contributed by atoms with Crippen LogP contribution in [0.15, 0.2) is 41.0 Å². The van der Waals surface area contributed by atoms with Crippen molar-refractivity contribution in [2.24, 2.45) is 5.92 Å². The number of amides is 2. The number of rotatable bonds is 4. The molecule has 2 amide bonds. The summed E-state index contributed by atoms with van der Waals surface area (Å²) >= 11 is 0. The van der Waals surface area contributed by atoms with Gasteiger partial charge in [0.25, 0.3) is 0 Å². The quantitative estimate of drug-likeness (QED) is 0.943. The van der Waals surface area contributed by atoms with Crippen molar-refractivity contribution >= 4 is 17.5 Å². The lowest BCUT2D eigenvalue weighted by Gasteiger charge is -2.15. The van der Waals surface area contributed by atoms with Crippen LogP contribution in [0.1, 0.15) is 17.7 Å². The normalized spacial score (nSPS) is 17.6. The van der Waals surface area contributed by atoms with Crippen molar-refractivity contribution in [2.45, 2.75) is 19.9 Å². The average Bonchev–Trinajstić information content (AvgIpc) is 3.13. The van der Waals surface area contributed by atoms with Crippen molar-refractivity contribution in [3.05, 3.63) is 53.7 Å². The van der Waals surface area contributed by atoms with E-state index in [1.807, 2.05) is 0 Å². The smallest absolute Gasteiger partial charge is 0.229 e. The minimum absolute atomic E-state index is 0.0719. The van der Waals surface area contributed by atoms with Gasteiger partial charge in [-0.05, 0) is 42.8 Å². The van der Waals surface area contributed by atoms with Crippen LogP contribution in [0.5, 0.6) is 0 Å². The molecule has 1 aliphatic rings. The first-order chi connectivity index (χ1) is 11.0. The van der Waals surface area contributed by atoms with Gasteiger partial charge in [0.05, 0.1) is 18.7 Å². The molecule has 2 aromatic rings. The fourth-order valence-corrected chi connectivity index (χ4v) is 2.69. The summed E-state index contributed by atoms with van der Waals surface area (Å²) in [6, 6.07) is 7.74. The van der Waals surface area contributed by atoms with Crippen molar-refractivity contribution in [1.29, 1.82) is 0 Å². The SMILES string of the molecule is Cc1cc(F)ccc1NC(=O)C1CC(=O)N(Cc2ccco2)C1. The third-order valence-corrected chi connectivity index (χ3v) is 3.96. The van der Waals surface area contributed by atoms with Crippen LogP contribution in [0.25, 0.3) is 0 Å². The van der Waals surface area contributed by atoms with Crippen LogP contribution < -0.4 is 5.32 Å². The van der Waals surface area contributed by atoms with Gasteiger partial charge < -0.3 is 14.6 Å². The monoisotopic (exact) mass is 316 g/mol. The maximum absolute atomic E-state index is 13.1. The Labute approximate surface area is 133 Å². The van der Waals surface area contributed by atoms with E-state index in [-0.39, 0.29) is 24.1 Å².